The van der Waals surface area contributed by atoms with Gasteiger partial charge in [-0.15, -0.1) is 0 Å². The van der Waals surface area contributed by atoms with E-state index in [-0.39, 0.29) is 18.9 Å². The van der Waals surface area contributed by atoms with Gasteiger partial charge in [-0.05, 0) is 45.3 Å². The monoisotopic (exact) mass is 339 g/mol. The smallest absolute Gasteiger partial charge is 0.179 e. The molecule has 0 aliphatic rings. The van der Waals surface area contributed by atoms with Crippen LogP contribution >= 0.6 is 15.9 Å². The molecule has 0 fully saturated rings. The predicted molar refractivity (Wildman–Crippen MR) is 79.3 cm³/mol. The lowest BCUT2D eigenvalue weighted by Crippen LogP contribution is -2.02. The second-order valence-electron chi connectivity index (χ2n) is 4.20. The summed E-state index contributed by atoms with van der Waals surface area (Å²) < 4.78 is 25.0. The van der Waals surface area contributed by atoms with E-state index in [2.05, 4.69) is 15.9 Å². The first-order valence-electron chi connectivity index (χ1n) is 6.08. The normalized spacial score (nSPS) is 10.4. The maximum absolute atomic E-state index is 14.0. The fourth-order valence-electron chi connectivity index (χ4n) is 1.76. The Bertz CT molecular complexity index is 604. The van der Waals surface area contributed by atoms with Crippen molar-refractivity contribution in [3.63, 3.8) is 0 Å². The van der Waals surface area contributed by atoms with Gasteiger partial charge in [0.15, 0.2) is 11.6 Å². The lowest BCUT2D eigenvalue weighted by Gasteiger charge is -2.11. The Hall–Kier alpha value is -1.59. The molecule has 0 spiro atoms. The van der Waals surface area contributed by atoms with Crippen LogP contribution in [0.2, 0.25) is 0 Å². The molecule has 0 heterocycles. The minimum Gasteiger partial charge on any atom is -0.497 e. The molecule has 20 heavy (non-hydrogen) atoms. The molecule has 2 aromatic carbocycles. The molecular weight excluding hydrogens is 325 g/mol. The zero-order valence-electron chi connectivity index (χ0n) is 11.0. The van der Waals surface area contributed by atoms with E-state index in [1.165, 1.54) is 0 Å². The van der Waals surface area contributed by atoms with Crippen molar-refractivity contribution in [1.29, 1.82) is 0 Å². The lowest BCUT2D eigenvalue weighted by molar-refractivity contribution is 0.288. The third-order valence-electron chi connectivity index (χ3n) is 2.88. The van der Waals surface area contributed by atoms with Crippen LogP contribution in [0.1, 0.15) is 11.1 Å². The van der Waals surface area contributed by atoms with Gasteiger partial charge in [0.05, 0.1) is 11.6 Å². The molecule has 2 rings (SSSR count). The number of nitrogens with two attached hydrogens (primary N) is 1. The Kier molecular flexibility index (Phi) is 4.98. The van der Waals surface area contributed by atoms with Gasteiger partial charge in [0, 0.05) is 6.54 Å². The zero-order chi connectivity index (χ0) is 14.5. The van der Waals surface area contributed by atoms with Gasteiger partial charge in [-0.25, -0.2) is 4.39 Å². The van der Waals surface area contributed by atoms with E-state index in [1.807, 2.05) is 24.3 Å². The van der Waals surface area contributed by atoms with Crippen molar-refractivity contribution in [3.8, 4) is 11.5 Å². The third-order valence-corrected chi connectivity index (χ3v) is 3.73. The van der Waals surface area contributed by atoms with Crippen LogP contribution < -0.4 is 15.2 Å². The van der Waals surface area contributed by atoms with E-state index in [4.69, 9.17) is 15.2 Å². The van der Waals surface area contributed by atoms with Gasteiger partial charge in [0.2, 0.25) is 0 Å². The Morgan fingerprint density at radius 1 is 1.25 bits per heavy atom. The Morgan fingerprint density at radius 2 is 2.05 bits per heavy atom. The molecule has 0 atom stereocenters. The number of rotatable bonds is 5. The summed E-state index contributed by atoms with van der Waals surface area (Å²) in [6, 6.07) is 10.8. The van der Waals surface area contributed by atoms with E-state index in [0.717, 1.165) is 11.3 Å². The van der Waals surface area contributed by atoms with Gasteiger partial charge in [0.1, 0.15) is 12.4 Å². The predicted octanol–water partition coefficient (Wildman–Crippen LogP) is 3.63. The summed E-state index contributed by atoms with van der Waals surface area (Å²) in [4.78, 5) is 0. The van der Waals surface area contributed by atoms with Gasteiger partial charge in [-0.2, -0.15) is 0 Å². The van der Waals surface area contributed by atoms with Crippen molar-refractivity contribution >= 4 is 15.9 Å². The van der Waals surface area contributed by atoms with Crippen LogP contribution in [0.3, 0.4) is 0 Å². The molecule has 2 aromatic rings. The SMILES string of the molecule is COc1cccc(COc2ccc(CN)c(Br)c2F)c1. The molecule has 0 saturated carbocycles. The molecule has 5 heteroatoms. The molecule has 0 saturated heterocycles. The number of hydrogen-bond acceptors (Lipinski definition) is 3. The maximum Gasteiger partial charge on any atom is 0.179 e. The molecule has 0 aromatic heterocycles. The number of halogens is 2. The quantitative estimate of drug-likeness (QED) is 0.904. The highest BCUT2D eigenvalue weighted by atomic mass is 79.9. The highest BCUT2D eigenvalue weighted by molar-refractivity contribution is 9.10. The average molecular weight is 340 g/mol. The largest absolute Gasteiger partial charge is 0.497 e. The molecule has 0 unspecified atom stereocenters. The minimum absolute atomic E-state index is 0.192. The van der Waals surface area contributed by atoms with Gasteiger partial charge >= 0.3 is 0 Å². The third kappa shape index (κ3) is 3.29. The van der Waals surface area contributed by atoms with Gasteiger partial charge in [0.25, 0.3) is 0 Å². The average Bonchev–Trinajstić information content (AvgIpc) is 2.49. The molecule has 0 bridgehead atoms. The van der Waals surface area contributed by atoms with Gasteiger partial charge < -0.3 is 15.2 Å². The number of methoxy groups -OCH3 is 1. The lowest BCUT2D eigenvalue weighted by atomic mass is 10.2. The first-order chi connectivity index (χ1) is 9.65. The first-order valence-corrected chi connectivity index (χ1v) is 6.87. The molecule has 0 aliphatic heterocycles. The fourth-order valence-corrected chi connectivity index (χ4v) is 2.25. The molecule has 2 N–H and O–H groups in total. The minimum atomic E-state index is -0.434. The topological polar surface area (TPSA) is 44.5 Å². The van der Waals surface area contributed by atoms with Crippen LogP contribution in [0, 0.1) is 5.82 Å². The van der Waals surface area contributed by atoms with Crippen molar-refractivity contribution in [2.45, 2.75) is 13.2 Å². The molecule has 0 aliphatic carbocycles. The Balaban J connectivity index is 2.12. The van der Waals surface area contributed by atoms with Crippen molar-refractivity contribution in [2.75, 3.05) is 7.11 Å². The summed E-state index contributed by atoms with van der Waals surface area (Å²) in [5, 5.41) is 0. The second-order valence-corrected chi connectivity index (χ2v) is 4.99. The molecule has 106 valence electrons. The van der Waals surface area contributed by atoms with Crippen LogP contribution in [-0.2, 0) is 13.2 Å². The summed E-state index contributed by atoms with van der Waals surface area (Å²) in [5.41, 5.74) is 7.13. The summed E-state index contributed by atoms with van der Waals surface area (Å²) in [6.45, 7) is 0.538. The fraction of sp³-hybridized carbons (Fsp3) is 0.200. The standard InChI is InChI=1S/C15H15BrFNO2/c1-19-12-4-2-3-10(7-12)9-20-13-6-5-11(8-18)14(16)15(13)17/h2-7H,8-9,18H2,1H3. The summed E-state index contributed by atoms with van der Waals surface area (Å²) >= 11 is 3.19. The highest BCUT2D eigenvalue weighted by Crippen LogP contribution is 2.29. The first kappa shape index (κ1) is 14.8. The van der Waals surface area contributed by atoms with Crippen molar-refractivity contribution in [3.05, 3.63) is 57.8 Å². The van der Waals surface area contributed by atoms with Crippen molar-refractivity contribution < 1.29 is 13.9 Å². The van der Waals surface area contributed by atoms with Crippen LogP contribution in [0.5, 0.6) is 11.5 Å². The van der Waals surface area contributed by atoms with E-state index in [9.17, 15) is 4.39 Å². The van der Waals surface area contributed by atoms with Gasteiger partial charge in [-0.1, -0.05) is 18.2 Å². The number of hydrogen-bond donors (Lipinski definition) is 1. The van der Waals surface area contributed by atoms with E-state index < -0.39 is 5.82 Å². The summed E-state index contributed by atoms with van der Waals surface area (Å²) in [7, 11) is 1.60. The van der Waals surface area contributed by atoms with Crippen LogP contribution in [-0.4, -0.2) is 7.11 Å². The van der Waals surface area contributed by atoms with Crippen molar-refractivity contribution in [1.82, 2.24) is 0 Å². The summed E-state index contributed by atoms with van der Waals surface area (Å²) in [5.74, 6) is 0.499. The van der Waals surface area contributed by atoms with Crippen LogP contribution in [0.4, 0.5) is 4.39 Å². The van der Waals surface area contributed by atoms with Gasteiger partial charge in [-0.3, -0.25) is 0 Å². The number of ether oxygens (including phenoxy) is 2. The van der Waals surface area contributed by atoms with Crippen molar-refractivity contribution in [2.24, 2.45) is 5.73 Å². The molecule has 0 amide bonds. The Labute approximate surface area is 125 Å². The van der Waals surface area contributed by atoms with E-state index in [1.54, 1.807) is 19.2 Å². The van der Waals surface area contributed by atoms with Crippen LogP contribution in [0.25, 0.3) is 0 Å². The molecular formula is C15H15BrFNO2. The highest BCUT2D eigenvalue weighted by Gasteiger charge is 2.11. The number of benzene rings is 2. The maximum atomic E-state index is 14.0. The molecule has 3 nitrogen and oxygen atoms in total. The Morgan fingerprint density at radius 3 is 2.75 bits per heavy atom. The zero-order valence-corrected chi connectivity index (χ0v) is 12.6. The summed E-state index contributed by atoms with van der Waals surface area (Å²) in [6.07, 6.45) is 0. The van der Waals surface area contributed by atoms with E-state index in [0.29, 0.717) is 10.0 Å². The van der Waals surface area contributed by atoms with E-state index >= 15 is 0 Å². The second kappa shape index (κ2) is 6.72. The van der Waals surface area contributed by atoms with Crippen LogP contribution in [0.15, 0.2) is 40.9 Å². The molecule has 0 radical (unpaired) electrons.